The highest BCUT2D eigenvalue weighted by Gasteiger charge is 2.15. The van der Waals surface area contributed by atoms with Crippen LogP contribution in [-0.2, 0) is 0 Å². The molecule has 0 bridgehead atoms. The van der Waals surface area contributed by atoms with Crippen LogP contribution in [0.4, 0.5) is 0 Å². The summed E-state index contributed by atoms with van der Waals surface area (Å²) in [7, 11) is 0. The Balaban J connectivity index is 0.000000457. The lowest BCUT2D eigenvalue weighted by molar-refractivity contribution is 0.174. The predicted molar refractivity (Wildman–Crippen MR) is 65.4 cm³/mol. The molecule has 0 atom stereocenters. The maximum atomic E-state index is 5.61. The van der Waals surface area contributed by atoms with Crippen LogP contribution < -0.4 is 9.47 Å². The summed E-state index contributed by atoms with van der Waals surface area (Å²) < 4.78 is 11.1. The summed E-state index contributed by atoms with van der Waals surface area (Å²) in [4.78, 5) is 3.27. The van der Waals surface area contributed by atoms with Gasteiger partial charge in [-0.15, -0.1) is 0 Å². The largest absolute Gasteiger partial charge is 0.486 e. The van der Waals surface area contributed by atoms with E-state index in [1.807, 2.05) is 32.9 Å². The lowest BCUT2D eigenvalue weighted by Crippen LogP contribution is -2.15. The summed E-state index contributed by atoms with van der Waals surface area (Å²) in [6, 6.07) is 6.06. The molecule has 86 valence electrons. The zero-order valence-electron chi connectivity index (χ0n) is 9.96. The monoisotopic (exact) mass is 219 g/mol. The summed E-state index contributed by atoms with van der Waals surface area (Å²) in [5.41, 5.74) is 2.24. The van der Waals surface area contributed by atoms with Crippen LogP contribution in [0.15, 0.2) is 18.2 Å². The number of ether oxygens (including phenoxy) is 2. The molecule has 0 fully saturated rings. The molecule has 1 aromatic carbocycles. The quantitative estimate of drug-likeness (QED) is 0.737. The van der Waals surface area contributed by atoms with Crippen LogP contribution in [0.5, 0.6) is 11.5 Å². The first kappa shape index (κ1) is 10.9. The molecule has 1 aliphatic heterocycles. The van der Waals surface area contributed by atoms with Gasteiger partial charge in [0.25, 0.3) is 0 Å². The van der Waals surface area contributed by atoms with E-state index in [1.54, 1.807) is 0 Å². The number of hydrogen-bond acceptors (Lipinski definition) is 2. The van der Waals surface area contributed by atoms with Gasteiger partial charge in [0, 0.05) is 16.6 Å². The lowest BCUT2D eigenvalue weighted by atomic mass is 10.2. The third kappa shape index (κ3) is 1.73. The maximum absolute atomic E-state index is 5.61. The van der Waals surface area contributed by atoms with Crippen LogP contribution in [0.25, 0.3) is 10.9 Å². The fraction of sp³-hybridized carbons (Fsp3) is 0.385. The first-order valence-corrected chi connectivity index (χ1v) is 5.72. The second kappa shape index (κ2) is 4.47. The van der Waals surface area contributed by atoms with E-state index in [1.165, 1.54) is 0 Å². The minimum Gasteiger partial charge on any atom is -0.486 e. The van der Waals surface area contributed by atoms with Crippen molar-refractivity contribution in [1.82, 2.24) is 4.98 Å². The van der Waals surface area contributed by atoms with Gasteiger partial charge in [-0.25, -0.2) is 0 Å². The van der Waals surface area contributed by atoms with E-state index in [0.29, 0.717) is 13.2 Å². The van der Waals surface area contributed by atoms with Crippen molar-refractivity contribution in [3.05, 3.63) is 23.9 Å². The molecule has 1 aliphatic rings. The molecule has 16 heavy (non-hydrogen) atoms. The third-order valence-corrected chi connectivity index (χ3v) is 2.44. The Bertz CT molecular complexity index is 488. The number of fused-ring (bicyclic) bond motifs is 3. The van der Waals surface area contributed by atoms with Crippen molar-refractivity contribution in [2.75, 3.05) is 13.2 Å². The number of hydrogen-bond donors (Lipinski definition) is 1. The second-order valence-electron chi connectivity index (χ2n) is 3.50. The van der Waals surface area contributed by atoms with Crippen LogP contribution >= 0.6 is 0 Å². The summed E-state index contributed by atoms with van der Waals surface area (Å²) in [5, 5.41) is 1.11. The van der Waals surface area contributed by atoms with E-state index in [9.17, 15) is 0 Å². The Kier molecular flexibility index (Phi) is 3.04. The molecule has 2 aromatic rings. The minimum atomic E-state index is 0.635. The van der Waals surface area contributed by atoms with Crippen molar-refractivity contribution >= 4 is 10.9 Å². The SMILES string of the molecule is CC.Cc1cc2c3c(ccc2[nH]1)OCCO3. The maximum Gasteiger partial charge on any atom is 0.170 e. The lowest BCUT2D eigenvalue weighted by Gasteiger charge is -2.18. The molecule has 3 rings (SSSR count). The predicted octanol–water partition coefficient (Wildman–Crippen LogP) is 3.27. The van der Waals surface area contributed by atoms with Crippen molar-refractivity contribution in [3.8, 4) is 11.5 Å². The minimum absolute atomic E-state index is 0.635. The first-order chi connectivity index (χ1) is 7.84. The fourth-order valence-electron chi connectivity index (χ4n) is 1.85. The van der Waals surface area contributed by atoms with E-state index >= 15 is 0 Å². The Morgan fingerprint density at radius 1 is 1.12 bits per heavy atom. The van der Waals surface area contributed by atoms with Crippen LogP contribution in [0.3, 0.4) is 0 Å². The topological polar surface area (TPSA) is 34.2 Å². The number of rotatable bonds is 0. The number of aryl methyl sites for hydroxylation is 1. The van der Waals surface area contributed by atoms with Gasteiger partial charge in [-0.05, 0) is 25.1 Å². The number of H-pyrrole nitrogens is 1. The van der Waals surface area contributed by atoms with Crippen LogP contribution in [0, 0.1) is 6.92 Å². The van der Waals surface area contributed by atoms with Gasteiger partial charge in [0.1, 0.15) is 13.2 Å². The molecule has 1 aromatic heterocycles. The van der Waals surface area contributed by atoms with Crippen molar-refractivity contribution in [2.24, 2.45) is 0 Å². The second-order valence-corrected chi connectivity index (χ2v) is 3.50. The van der Waals surface area contributed by atoms with Crippen molar-refractivity contribution in [3.63, 3.8) is 0 Å². The van der Waals surface area contributed by atoms with Gasteiger partial charge in [0.2, 0.25) is 0 Å². The highest BCUT2D eigenvalue weighted by Crippen LogP contribution is 2.37. The first-order valence-electron chi connectivity index (χ1n) is 5.72. The van der Waals surface area contributed by atoms with E-state index in [0.717, 1.165) is 28.1 Å². The van der Waals surface area contributed by atoms with Crippen molar-refractivity contribution in [2.45, 2.75) is 20.8 Å². The summed E-state index contributed by atoms with van der Waals surface area (Å²) in [6.07, 6.45) is 0. The van der Waals surface area contributed by atoms with Gasteiger partial charge in [-0.3, -0.25) is 0 Å². The van der Waals surface area contributed by atoms with Crippen LogP contribution in [0.2, 0.25) is 0 Å². The van der Waals surface area contributed by atoms with Crippen LogP contribution in [0.1, 0.15) is 19.5 Å². The normalized spacial score (nSPS) is 13.2. The average Bonchev–Trinajstić information content (AvgIpc) is 2.72. The Hall–Kier alpha value is -1.64. The summed E-state index contributed by atoms with van der Waals surface area (Å²) >= 11 is 0. The number of aromatic nitrogens is 1. The highest BCUT2D eigenvalue weighted by molar-refractivity contribution is 5.89. The number of aromatic amines is 1. The molecular formula is C13H17NO2. The van der Waals surface area contributed by atoms with Crippen molar-refractivity contribution in [1.29, 1.82) is 0 Å². The molecule has 0 radical (unpaired) electrons. The molecule has 1 N–H and O–H groups in total. The highest BCUT2D eigenvalue weighted by atomic mass is 16.6. The van der Waals surface area contributed by atoms with Gasteiger partial charge in [-0.1, -0.05) is 13.8 Å². The van der Waals surface area contributed by atoms with Gasteiger partial charge in [0.05, 0.1) is 0 Å². The summed E-state index contributed by atoms with van der Waals surface area (Å²) in [6.45, 7) is 7.31. The Morgan fingerprint density at radius 3 is 2.69 bits per heavy atom. The fourth-order valence-corrected chi connectivity index (χ4v) is 1.85. The number of benzene rings is 1. The molecule has 0 aliphatic carbocycles. The standard InChI is InChI=1S/C11H11NO2.C2H6/c1-7-6-8-9(12-7)2-3-10-11(8)14-5-4-13-10;1-2/h2-3,6,12H,4-5H2,1H3;1-2H3. The zero-order chi connectivity index (χ0) is 11.5. The molecule has 0 amide bonds. The van der Waals surface area contributed by atoms with Gasteiger partial charge in [-0.2, -0.15) is 0 Å². The molecule has 2 heterocycles. The number of nitrogens with one attached hydrogen (secondary N) is 1. The van der Waals surface area contributed by atoms with Crippen molar-refractivity contribution < 1.29 is 9.47 Å². The van der Waals surface area contributed by atoms with Crippen LogP contribution in [-0.4, -0.2) is 18.2 Å². The van der Waals surface area contributed by atoms with E-state index in [4.69, 9.17) is 9.47 Å². The van der Waals surface area contributed by atoms with E-state index in [2.05, 4.69) is 11.1 Å². The third-order valence-electron chi connectivity index (χ3n) is 2.44. The molecular weight excluding hydrogens is 202 g/mol. The molecule has 3 heteroatoms. The van der Waals surface area contributed by atoms with Gasteiger partial charge < -0.3 is 14.5 Å². The van der Waals surface area contributed by atoms with E-state index in [-0.39, 0.29) is 0 Å². The molecule has 0 saturated heterocycles. The van der Waals surface area contributed by atoms with Gasteiger partial charge >= 0.3 is 0 Å². The molecule has 0 spiro atoms. The van der Waals surface area contributed by atoms with Gasteiger partial charge in [0.15, 0.2) is 11.5 Å². The summed E-state index contributed by atoms with van der Waals surface area (Å²) in [5.74, 6) is 1.72. The molecule has 0 saturated carbocycles. The zero-order valence-corrected chi connectivity index (χ0v) is 9.96. The molecule has 0 unspecified atom stereocenters. The van der Waals surface area contributed by atoms with E-state index < -0.39 is 0 Å². The Labute approximate surface area is 95.4 Å². The average molecular weight is 219 g/mol. The molecule has 3 nitrogen and oxygen atoms in total. The Morgan fingerprint density at radius 2 is 1.88 bits per heavy atom. The smallest absolute Gasteiger partial charge is 0.170 e.